The summed E-state index contributed by atoms with van der Waals surface area (Å²) in [6.07, 6.45) is 0.447. The Morgan fingerprint density at radius 1 is 1.33 bits per heavy atom. The lowest BCUT2D eigenvalue weighted by molar-refractivity contribution is -0.120. The van der Waals surface area contributed by atoms with E-state index < -0.39 is 0 Å². The van der Waals surface area contributed by atoms with Gasteiger partial charge in [-0.05, 0) is 24.5 Å². The molecule has 0 spiro atoms. The maximum atomic E-state index is 11.9. The minimum Gasteiger partial charge on any atom is -0.358 e. The zero-order valence-corrected chi connectivity index (χ0v) is 11.2. The Kier molecular flexibility index (Phi) is 3.70. The number of H-pyrrole nitrogens is 1. The van der Waals surface area contributed by atoms with Crippen molar-refractivity contribution in [3.63, 3.8) is 0 Å². The molecule has 3 heteroatoms. The monoisotopic (exact) mass is 244 g/mol. The number of para-hydroxylation sites is 1. The quantitative estimate of drug-likeness (QED) is 0.853. The van der Waals surface area contributed by atoms with Gasteiger partial charge < -0.3 is 10.3 Å². The van der Waals surface area contributed by atoms with E-state index in [-0.39, 0.29) is 5.91 Å². The molecule has 0 saturated heterocycles. The van der Waals surface area contributed by atoms with Gasteiger partial charge in [-0.2, -0.15) is 0 Å². The second kappa shape index (κ2) is 5.25. The van der Waals surface area contributed by atoms with Gasteiger partial charge in [-0.25, -0.2) is 0 Å². The second-order valence-corrected chi connectivity index (χ2v) is 5.15. The first-order valence-electron chi connectivity index (χ1n) is 6.41. The summed E-state index contributed by atoms with van der Waals surface area (Å²) >= 11 is 0. The summed E-state index contributed by atoms with van der Waals surface area (Å²) in [5, 5.41) is 4.11. The molecule has 0 bridgehead atoms. The SMILES string of the molecule is Cc1[nH]c2ccccc2c1CC(=O)NCC(C)C. The molecule has 18 heavy (non-hydrogen) atoms. The molecule has 0 radical (unpaired) electrons. The zero-order chi connectivity index (χ0) is 13.1. The Hall–Kier alpha value is -1.77. The molecule has 0 atom stereocenters. The molecule has 1 aromatic heterocycles. The molecule has 0 unspecified atom stereocenters. The first-order chi connectivity index (χ1) is 8.58. The molecule has 0 aliphatic carbocycles. The molecule has 2 aromatic rings. The molecule has 0 saturated carbocycles. The van der Waals surface area contributed by atoms with Gasteiger partial charge in [0.15, 0.2) is 0 Å². The van der Waals surface area contributed by atoms with Gasteiger partial charge in [-0.3, -0.25) is 4.79 Å². The predicted octanol–water partition coefficient (Wildman–Crippen LogP) is 2.79. The summed E-state index contributed by atoms with van der Waals surface area (Å²) in [7, 11) is 0. The van der Waals surface area contributed by atoms with E-state index in [0.29, 0.717) is 12.3 Å². The number of benzene rings is 1. The summed E-state index contributed by atoms with van der Waals surface area (Å²) in [5.41, 5.74) is 3.28. The minimum absolute atomic E-state index is 0.0940. The van der Waals surface area contributed by atoms with Crippen LogP contribution in [0.1, 0.15) is 25.1 Å². The minimum atomic E-state index is 0.0940. The van der Waals surface area contributed by atoms with Crippen molar-refractivity contribution in [1.29, 1.82) is 0 Å². The molecule has 1 amide bonds. The summed E-state index contributed by atoms with van der Waals surface area (Å²) in [4.78, 5) is 15.2. The predicted molar refractivity (Wildman–Crippen MR) is 74.6 cm³/mol. The Balaban J connectivity index is 2.16. The van der Waals surface area contributed by atoms with Crippen molar-refractivity contribution in [3.05, 3.63) is 35.5 Å². The van der Waals surface area contributed by atoms with Crippen LogP contribution in [-0.2, 0) is 11.2 Å². The van der Waals surface area contributed by atoms with Crippen LogP contribution in [0.4, 0.5) is 0 Å². The van der Waals surface area contributed by atoms with Crippen molar-refractivity contribution in [2.24, 2.45) is 5.92 Å². The fourth-order valence-electron chi connectivity index (χ4n) is 2.10. The summed E-state index contributed by atoms with van der Waals surface area (Å²) in [5.74, 6) is 0.578. The number of hydrogen-bond acceptors (Lipinski definition) is 1. The normalized spacial score (nSPS) is 11.1. The Morgan fingerprint density at radius 2 is 2.06 bits per heavy atom. The van der Waals surface area contributed by atoms with Gasteiger partial charge in [0.2, 0.25) is 5.91 Å². The highest BCUT2D eigenvalue weighted by molar-refractivity contribution is 5.90. The van der Waals surface area contributed by atoms with Crippen molar-refractivity contribution < 1.29 is 4.79 Å². The molecule has 1 aromatic carbocycles. The van der Waals surface area contributed by atoms with E-state index in [1.165, 1.54) is 0 Å². The molecule has 0 fully saturated rings. The van der Waals surface area contributed by atoms with Crippen LogP contribution in [-0.4, -0.2) is 17.4 Å². The molecule has 96 valence electrons. The first kappa shape index (κ1) is 12.7. The largest absolute Gasteiger partial charge is 0.358 e. The topological polar surface area (TPSA) is 44.9 Å². The molecule has 2 N–H and O–H groups in total. The van der Waals surface area contributed by atoms with Crippen LogP contribution in [0.5, 0.6) is 0 Å². The van der Waals surface area contributed by atoms with E-state index >= 15 is 0 Å². The number of amides is 1. The van der Waals surface area contributed by atoms with Crippen LogP contribution in [0.15, 0.2) is 24.3 Å². The molecule has 3 nitrogen and oxygen atoms in total. The number of hydrogen-bond donors (Lipinski definition) is 2. The molecule has 0 aliphatic heterocycles. The van der Waals surface area contributed by atoms with Crippen LogP contribution in [0.2, 0.25) is 0 Å². The van der Waals surface area contributed by atoms with Crippen molar-refractivity contribution in [3.8, 4) is 0 Å². The van der Waals surface area contributed by atoms with Gasteiger partial charge in [-0.15, -0.1) is 0 Å². The highest BCUT2D eigenvalue weighted by Crippen LogP contribution is 2.22. The van der Waals surface area contributed by atoms with Gasteiger partial charge in [0.05, 0.1) is 6.42 Å². The van der Waals surface area contributed by atoms with E-state index in [4.69, 9.17) is 0 Å². The first-order valence-corrected chi connectivity index (χ1v) is 6.41. The fraction of sp³-hybridized carbons (Fsp3) is 0.400. The molecule has 0 aliphatic rings. The van der Waals surface area contributed by atoms with E-state index in [9.17, 15) is 4.79 Å². The number of carbonyl (C=O) groups is 1. The number of aromatic nitrogens is 1. The van der Waals surface area contributed by atoms with Crippen LogP contribution in [0.25, 0.3) is 10.9 Å². The van der Waals surface area contributed by atoms with Crippen LogP contribution >= 0.6 is 0 Å². The number of rotatable bonds is 4. The van der Waals surface area contributed by atoms with Crippen molar-refractivity contribution >= 4 is 16.8 Å². The third-order valence-corrected chi connectivity index (χ3v) is 3.07. The van der Waals surface area contributed by atoms with Crippen LogP contribution < -0.4 is 5.32 Å². The van der Waals surface area contributed by atoms with E-state index in [1.807, 2.05) is 25.1 Å². The van der Waals surface area contributed by atoms with Crippen LogP contribution in [0.3, 0.4) is 0 Å². The summed E-state index contributed by atoms with van der Waals surface area (Å²) in [6, 6.07) is 8.10. The van der Waals surface area contributed by atoms with Gasteiger partial charge in [-0.1, -0.05) is 32.0 Å². The third kappa shape index (κ3) is 2.73. The Morgan fingerprint density at radius 3 is 2.78 bits per heavy atom. The average molecular weight is 244 g/mol. The van der Waals surface area contributed by atoms with Gasteiger partial charge in [0, 0.05) is 23.1 Å². The maximum Gasteiger partial charge on any atom is 0.224 e. The highest BCUT2D eigenvalue weighted by Gasteiger charge is 2.11. The third-order valence-electron chi connectivity index (χ3n) is 3.07. The van der Waals surface area contributed by atoms with Crippen LogP contribution in [0, 0.1) is 12.8 Å². The van der Waals surface area contributed by atoms with E-state index in [0.717, 1.165) is 28.7 Å². The summed E-state index contributed by atoms with van der Waals surface area (Å²) in [6.45, 7) is 6.94. The zero-order valence-electron chi connectivity index (χ0n) is 11.2. The average Bonchev–Trinajstić information content (AvgIpc) is 2.64. The number of aryl methyl sites for hydroxylation is 1. The van der Waals surface area contributed by atoms with Crippen molar-refractivity contribution in [2.75, 3.05) is 6.54 Å². The van der Waals surface area contributed by atoms with Gasteiger partial charge in [0.25, 0.3) is 0 Å². The highest BCUT2D eigenvalue weighted by atomic mass is 16.1. The fourth-order valence-corrected chi connectivity index (χ4v) is 2.10. The number of aromatic amines is 1. The second-order valence-electron chi connectivity index (χ2n) is 5.15. The molecular formula is C15H20N2O. The van der Waals surface area contributed by atoms with Gasteiger partial charge >= 0.3 is 0 Å². The Labute approximate surface area is 108 Å². The summed E-state index contributed by atoms with van der Waals surface area (Å²) < 4.78 is 0. The lowest BCUT2D eigenvalue weighted by atomic mass is 10.1. The molecule has 1 heterocycles. The molecule has 2 rings (SSSR count). The standard InChI is InChI=1S/C15H20N2O/c1-10(2)9-16-15(18)8-13-11(3)17-14-7-5-4-6-12(13)14/h4-7,10,17H,8-9H2,1-3H3,(H,16,18). The van der Waals surface area contributed by atoms with E-state index in [2.05, 4.69) is 30.2 Å². The van der Waals surface area contributed by atoms with Crippen molar-refractivity contribution in [2.45, 2.75) is 27.2 Å². The Bertz CT molecular complexity index is 555. The number of nitrogens with one attached hydrogen (secondary N) is 2. The number of carbonyl (C=O) groups excluding carboxylic acids is 1. The lowest BCUT2D eigenvalue weighted by Crippen LogP contribution is -2.28. The van der Waals surface area contributed by atoms with Gasteiger partial charge in [0.1, 0.15) is 0 Å². The number of fused-ring (bicyclic) bond motifs is 1. The smallest absolute Gasteiger partial charge is 0.224 e. The maximum absolute atomic E-state index is 11.9. The molecular weight excluding hydrogens is 224 g/mol. The van der Waals surface area contributed by atoms with Crippen molar-refractivity contribution in [1.82, 2.24) is 10.3 Å². The lowest BCUT2D eigenvalue weighted by Gasteiger charge is -2.07. The van der Waals surface area contributed by atoms with E-state index in [1.54, 1.807) is 0 Å².